The first kappa shape index (κ1) is 15.1. The fourth-order valence-corrected chi connectivity index (χ4v) is 2.52. The van der Waals surface area contributed by atoms with Gasteiger partial charge < -0.3 is 15.1 Å². The van der Waals surface area contributed by atoms with Gasteiger partial charge in [-0.15, -0.1) is 0 Å². The number of piperazine rings is 1. The third-order valence-electron chi connectivity index (χ3n) is 3.59. The number of anilines is 1. The molecular formula is C15H22ClN3O. The minimum Gasteiger partial charge on any atom is -0.368 e. The lowest BCUT2D eigenvalue weighted by atomic mass is 10.2. The van der Waals surface area contributed by atoms with Crippen molar-refractivity contribution >= 4 is 23.2 Å². The molecule has 1 aliphatic heterocycles. The van der Waals surface area contributed by atoms with Crippen LogP contribution in [0.1, 0.15) is 13.3 Å². The van der Waals surface area contributed by atoms with Gasteiger partial charge >= 0.3 is 0 Å². The third kappa shape index (κ3) is 4.12. The van der Waals surface area contributed by atoms with Crippen LogP contribution in [0.3, 0.4) is 0 Å². The first-order valence-corrected chi connectivity index (χ1v) is 7.57. The number of nitrogens with zero attached hydrogens (tertiary/aromatic N) is 2. The standard InChI is InChI=1S/C15H22ClN3O/c1-2-17-8-7-15(20)19-11-9-18(10-12-19)14-5-3-13(16)4-6-14/h3-6,17H,2,7-12H2,1H3. The third-order valence-corrected chi connectivity index (χ3v) is 3.84. The summed E-state index contributed by atoms with van der Waals surface area (Å²) in [6.45, 7) is 7.10. The Bertz CT molecular complexity index is 427. The van der Waals surface area contributed by atoms with E-state index in [2.05, 4.69) is 17.1 Å². The van der Waals surface area contributed by atoms with E-state index in [1.54, 1.807) is 0 Å². The number of rotatable bonds is 5. The summed E-state index contributed by atoms with van der Waals surface area (Å²) in [6, 6.07) is 7.88. The monoisotopic (exact) mass is 295 g/mol. The lowest BCUT2D eigenvalue weighted by molar-refractivity contribution is -0.131. The number of carbonyl (C=O) groups excluding carboxylic acids is 1. The molecule has 0 spiro atoms. The van der Waals surface area contributed by atoms with E-state index >= 15 is 0 Å². The van der Waals surface area contributed by atoms with Crippen LogP contribution in [0.2, 0.25) is 5.02 Å². The van der Waals surface area contributed by atoms with Gasteiger partial charge in [0.05, 0.1) is 0 Å². The molecule has 1 aromatic carbocycles. The highest BCUT2D eigenvalue weighted by molar-refractivity contribution is 6.30. The van der Waals surface area contributed by atoms with Crippen LogP contribution in [0.15, 0.2) is 24.3 Å². The second-order valence-corrected chi connectivity index (χ2v) is 5.38. The Balaban J connectivity index is 1.80. The normalized spacial score (nSPS) is 15.5. The Morgan fingerprint density at radius 2 is 1.85 bits per heavy atom. The highest BCUT2D eigenvalue weighted by atomic mass is 35.5. The van der Waals surface area contributed by atoms with Gasteiger partial charge in [-0.25, -0.2) is 0 Å². The zero-order chi connectivity index (χ0) is 14.4. The second kappa shape index (κ2) is 7.50. The summed E-state index contributed by atoms with van der Waals surface area (Å²) >= 11 is 5.90. The summed E-state index contributed by atoms with van der Waals surface area (Å²) in [6.07, 6.45) is 0.592. The molecule has 1 fully saturated rings. The van der Waals surface area contributed by atoms with Crippen molar-refractivity contribution in [3.8, 4) is 0 Å². The van der Waals surface area contributed by atoms with E-state index in [0.717, 1.165) is 44.3 Å². The molecule has 2 rings (SSSR count). The second-order valence-electron chi connectivity index (χ2n) is 4.95. The van der Waals surface area contributed by atoms with Crippen molar-refractivity contribution in [1.82, 2.24) is 10.2 Å². The molecule has 0 bridgehead atoms. The van der Waals surface area contributed by atoms with E-state index in [1.807, 2.05) is 29.2 Å². The van der Waals surface area contributed by atoms with Crippen molar-refractivity contribution in [2.24, 2.45) is 0 Å². The van der Waals surface area contributed by atoms with Gasteiger partial charge in [0.2, 0.25) is 5.91 Å². The van der Waals surface area contributed by atoms with Crippen LogP contribution < -0.4 is 10.2 Å². The first-order chi connectivity index (χ1) is 9.70. The fourth-order valence-electron chi connectivity index (χ4n) is 2.40. The predicted octanol–water partition coefficient (Wildman–Crippen LogP) is 1.99. The van der Waals surface area contributed by atoms with E-state index in [-0.39, 0.29) is 5.91 Å². The highest BCUT2D eigenvalue weighted by Crippen LogP contribution is 2.19. The van der Waals surface area contributed by atoms with E-state index in [9.17, 15) is 4.79 Å². The molecule has 0 aliphatic carbocycles. The molecule has 0 aromatic heterocycles. The Morgan fingerprint density at radius 1 is 1.20 bits per heavy atom. The van der Waals surface area contributed by atoms with Gasteiger partial charge in [-0.3, -0.25) is 4.79 Å². The zero-order valence-electron chi connectivity index (χ0n) is 11.9. The first-order valence-electron chi connectivity index (χ1n) is 7.19. The maximum absolute atomic E-state index is 12.0. The maximum Gasteiger partial charge on any atom is 0.223 e. The molecule has 5 heteroatoms. The van der Waals surface area contributed by atoms with Crippen molar-refractivity contribution in [3.63, 3.8) is 0 Å². The van der Waals surface area contributed by atoms with Gasteiger partial charge in [0.25, 0.3) is 0 Å². The SMILES string of the molecule is CCNCCC(=O)N1CCN(c2ccc(Cl)cc2)CC1. The van der Waals surface area contributed by atoms with E-state index in [0.29, 0.717) is 6.42 Å². The van der Waals surface area contributed by atoms with Gasteiger partial charge in [-0.2, -0.15) is 0 Å². The van der Waals surface area contributed by atoms with Crippen LogP contribution in [-0.4, -0.2) is 50.1 Å². The number of nitrogens with one attached hydrogen (secondary N) is 1. The molecule has 1 heterocycles. The Labute approximate surface area is 125 Å². The zero-order valence-corrected chi connectivity index (χ0v) is 12.7. The average Bonchev–Trinajstić information content (AvgIpc) is 2.48. The summed E-state index contributed by atoms with van der Waals surface area (Å²) in [7, 11) is 0. The molecule has 1 N–H and O–H groups in total. The summed E-state index contributed by atoms with van der Waals surface area (Å²) in [4.78, 5) is 16.3. The molecule has 0 saturated carbocycles. The van der Waals surface area contributed by atoms with Gasteiger partial charge in [0.15, 0.2) is 0 Å². The molecule has 20 heavy (non-hydrogen) atoms. The molecule has 0 unspecified atom stereocenters. The molecule has 1 aliphatic rings. The number of carbonyl (C=O) groups is 1. The predicted molar refractivity (Wildman–Crippen MR) is 83.4 cm³/mol. The van der Waals surface area contributed by atoms with Crippen LogP contribution >= 0.6 is 11.6 Å². The van der Waals surface area contributed by atoms with Crippen LogP contribution in [-0.2, 0) is 4.79 Å². The smallest absolute Gasteiger partial charge is 0.223 e. The van der Waals surface area contributed by atoms with E-state index in [4.69, 9.17) is 11.6 Å². The summed E-state index contributed by atoms with van der Waals surface area (Å²) < 4.78 is 0. The van der Waals surface area contributed by atoms with Crippen LogP contribution in [0, 0.1) is 0 Å². The average molecular weight is 296 g/mol. The molecule has 0 atom stereocenters. The summed E-state index contributed by atoms with van der Waals surface area (Å²) in [5.74, 6) is 0.252. The van der Waals surface area contributed by atoms with Crippen molar-refractivity contribution in [2.45, 2.75) is 13.3 Å². The van der Waals surface area contributed by atoms with E-state index < -0.39 is 0 Å². The molecule has 1 amide bonds. The number of hydrogen-bond acceptors (Lipinski definition) is 3. The molecule has 110 valence electrons. The quantitative estimate of drug-likeness (QED) is 0.844. The Kier molecular flexibility index (Phi) is 5.68. The van der Waals surface area contributed by atoms with Gasteiger partial charge in [-0.05, 0) is 30.8 Å². The van der Waals surface area contributed by atoms with Crippen molar-refractivity contribution in [1.29, 1.82) is 0 Å². The Morgan fingerprint density at radius 3 is 2.45 bits per heavy atom. The number of halogens is 1. The molecule has 4 nitrogen and oxygen atoms in total. The maximum atomic E-state index is 12.0. The minimum atomic E-state index is 0.252. The van der Waals surface area contributed by atoms with Crippen LogP contribution in [0.5, 0.6) is 0 Å². The largest absolute Gasteiger partial charge is 0.368 e. The molecule has 0 radical (unpaired) electrons. The lowest BCUT2D eigenvalue weighted by Crippen LogP contribution is -2.49. The molecule has 1 aromatic rings. The van der Waals surface area contributed by atoms with Gasteiger partial charge in [-0.1, -0.05) is 18.5 Å². The van der Waals surface area contributed by atoms with Gasteiger partial charge in [0, 0.05) is 49.9 Å². The van der Waals surface area contributed by atoms with Crippen LogP contribution in [0.4, 0.5) is 5.69 Å². The lowest BCUT2D eigenvalue weighted by Gasteiger charge is -2.36. The van der Waals surface area contributed by atoms with Crippen molar-refractivity contribution in [3.05, 3.63) is 29.3 Å². The molecule has 1 saturated heterocycles. The summed E-state index contributed by atoms with van der Waals surface area (Å²) in [5.41, 5.74) is 1.18. The minimum absolute atomic E-state index is 0.252. The van der Waals surface area contributed by atoms with Crippen LogP contribution in [0.25, 0.3) is 0 Å². The topological polar surface area (TPSA) is 35.6 Å². The molecular weight excluding hydrogens is 274 g/mol. The number of hydrogen-bond donors (Lipinski definition) is 1. The van der Waals surface area contributed by atoms with Gasteiger partial charge in [0.1, 0.15) is 0 Å². The van der Waals surface area contributed by atoms with E-state index in [1.165, 1.54) is 5.69 Å². The number of benzene rings is 1. The highest BCUT2D eigenvalue weighted by Gasteiger charge is 2.20. The number of amides is 1. The van der Waals surface area contributed by atoms with Crippen molar-refractivity contribution < 1.29 is 4.79 Å². The fraction of sp³-hybridized carbons (Fsp3) is 0.533. The summed E-state index contributed by atoms with van der Waals surface area (Å²) in [5, 5.41) is 3.94. The van der Waals surface area contributed by atoms with Crippen molar-refractivity contribution in [2.75, 3.05) is 44.2 Å². The Hall–Kier alpha value is -1.26.